The number of benzene rings is 1. The summed E-state index contributed by atoms with van der Waals surface area (Å²) in [6, 6.07) is 7.07. The molecule has 0 radical (unpaired) electrons. The van der Waals surface area contributed by atoms with Gasteiger partial charge in [0.25, 0.3) is 5.91 Å². The van der Waals surface area contributed by atoms with Gasteiger partial charge in [-0.2, -0.15) is 0 Å². The first-order valence-electron chi connectivity index (χ1n) is 8.14. The summed E-state index contributed by atoms with van der Waals surface area (Å²) in [6.07, 6.45) is 0.456. The normalized spacial score (nSPS) is 16.4. The number of rotatable bonds is 5. The Bertz CT molecular complexity index is 573. The summed E-state index contributed by atoms with van der Waals surface area (Å²) in [5.74, 6) is 0.295. The number of para-hydroxylation sites is 1. The molecule has 0 bridgehead atoms. The fraction of sp³-hybridized carbons (Fsp3) is 0.529. The van der Waals surface area contributed by atoms with Crippen molar-refractivity contribution in [3.63, 3.8) is 0 Å². The molecule has 6 nitrogen and oxygen atoms in total. The minimum atomic E-state index is -0.645. The number of hydrogen-bond donors (Lipinski definition) is 1. The van der Waals surface area contributed by atoms with Gasteiger partial charge in [0.2, 0.25) is 0 Å². The second-order valence-electron chi connectivity index (χ2n) is 5.66. The first-order chi connectivity index (χ1) is 11.5. The van der Waals surface area contributed by atoms with Crippen LogP contribution in [0, 0.1) is 0 Å². The van der Waals surface area contributed by atoms with Crippen LogP contribution in [0.5, 0.6) is 5.75 Å². The number of nitrogens with zero attached hydrogens (tertiary/aromatic N) is 1. The Labute approximate surface area is 147 Å². The third kappa shape index (κ3) is 5.03. The molecule has 1 atom stereocenters. The van der Waals surface area contributed by atoms with E-state index < -0.39 is 6.10 Å². The summed E-state index contributed by atoms with van der Waals surface area (Å²) in [5.41, 5.74) is 0. The van der Waals surface area contributed by atoms with E-state index in [1.54, 1.807) is 43.0 Å². The molecular formula is C17H23ClN2O4. The van der Waals surface area contributed by atoms with E-state index in [0.717, 1.165) is 0 Å². The fourth-order valence-electron chi connectivity index (χ4n) is 2.52. The van der Waals surface area contributed by atoms with Crippen LogP contribution >= 0.6 is 11.6 Å². The number of halogens is 1. The molecule has 0 aromatic heterocycles. The highest BCUT2D eigenvalue weighted by molar-refractivity contribution is 6.32. The SMILES string of the molecule is CCOC(=O)N1CCC(NC(=O)C(C)Oc2ccccc2Cl)CC1. The molecule has 7 heteroatoms. The Kier molecular flexibility index (Phi) is 6.73. The molecule has 1 heterocycles. The topological polar surface area (TPSA) is 67.9 Å². The second-order valence-corrected chi connectivity index (χ2v) is 6.07. The van der Waals surface area contributed by atoms with E-state index in [4.69, 9.17) is 21.1 Å². The van der Waals surface area contributed by atoms with Gasteiger partial charge in [-0.25, -0.2) is 4.79 Å². The Morgan fingerprint density at radius 2 is 2.00 bits per heavy atom. The molecule has 1 N–H and O–H groups in total. The van der Waals surface area contributed by atoms with Gasteiger partial charge in [-0.05, 0) is 38.8 Å². The molecule has 1 aliphatic heterocycles. The number of amides is 2. The van der Waals surface area contributed by atoms with Crippen LogP contribution in [-0.4, -0.2) is 48.7 Å². The van der Waals surface area contributed by atoms with E-state index in [9.17, 15) is 9.59 Å². The highest BCUT2D eigenvalue weighted by atomic mass is 35.5. The van der Waals surface area contributed by atoms with Crippen LogP contribution in [0.1, 0.15) is 26.7 Å². The number of likely N-dealkylation sites (tertiary alicyclic amines) is 1. The van der Waals surface area contributed by atoms with Crippen LogP contribution < -0.4 is 10.1 Å². The molecule has 24 heavy (non-hydrogen) atoms. The van der Waals surface area contributed by atoms with Gasteiger partial charge in [-0.3, -0.25) is 4.79 Å². The average molecular weight is 355 g/mol. The van der Waals surface area contributed by atoms with Crippen molar-refractivity contribution in [3.05, 3.63) is 29.3 Å². The Morgan fingerprint density at radius 3 is 2.62 bits per heavy atom. The van der Waals surface area contributed by atoms with E-state index in [1.165, 1.54) is 0 Å². The predicted molar refractivity (Wildman–Crippen MR) is 91.3 cm³/mol. The van der Waals surface area contributed by atoms with Gasteiger partial charge in [-0.1, -0.05) is 23.7 Å². The third-order valence-electron chi connectivity index (χ3n) is 3.88. The zero-order valence-corrected chi connectivity index (χ0v) is 14.7. The zero-order valence-electron chi connectivity index (χ0n) is 14.0. The molecule has 132 valence electrons. The van der Waals surface area contributed by atoms with Crippen LogP contribution in [0.3, 0.4) is 0 Å². The van der Waals surface area contributed by atoms with E-state index >= 15 is 0 Å². The summed E-state index contributed by atoms with van der Waals surface area (Å²) in [6.45, 7) is 4.98. The van der Waals surface area contributed by atoms with Crippen molar-refractivity contribution >= 4 is 23.6 Å². The highest BCUT2D eigenvalue weighted by Crippen LogP contribution is 2.24. The Balaban J connectivity index is 1.79. The lowest BCUT2D eigenvalue weighted by molar-refractivity contribution is -0.128. The molecule has 1 saturated heterocycles. The van der Waals surface area contributed by atoms with E-state index in [-0.39, 0.29) is 18.0 Å². The van der Waals surface area contributed by atoms with Crippen molar-refractivity contribution in [2.75, 3.05) is 19.7 Å². The van der Waals surface area contributed by atoms with Crippen molar-refractivity contribution in [2.24, 2.45) is 0 Å². The van der Waals surface area contributed by atoms with Crippen molar-refractivity contribution in [1.82, 2.24) is 10.2 Å². The number of nitrogens with one attached hydrogen (secondary N) is 1. The van der Waals surface area contributed by atoms with E-state index in [1.807, 2.05) is 0 Å². The molecule has 1 aromatic carbocycles. The molecule has 1 aliphatic rings. The summed E-state index contributed by atoms with van der Waals surface area (Å²) in [4.78, 5) is 25.6. The standard InChI is InChI=1S/C17H23ClN2O4/c1-3-23-17(22)20-10-8-13(9-11-20)19-16(21)12(2)24-15-7-5-4-6-14(15)18/h4-7,12-13H,3,8-11H2,1-2H3,(H,19,21). The molecule has 2 rings (SSSR count). The van der Waals surface area contributed by atoms with E-state index in [0.29, 0.717) is 43.3 Å². The molecule has 0 aliphatic carbocycles. The zero-order chi connectivity index (χ0) is 17.5. The maximum Gasteiger partial charge on any atom is 0.409 e. The van der Waals surface area contributed by atoms with Gasteiger partial charge in [0, 0.05) is 19.1 Å². The Morgan fingerprint density at radius 1 is 1.33 bits per heavy atom. The summed E-state index contributed by atoms with van der Waals surface area (Å²) in [5, 5.41) is 3.44. The van der Waals surface area contributed by atoms with Crippen molar-refractivity contribution < 1.29 is 19.1 Å². The first kappa shape index (κ1) is 18.4. The molecule has 1 unspecified atom stereocenters. The summed E-state index contributed by atoms with van der Waals surface area (Å²) in [7, 11) is 0. The number of carbonyl (C=O) groups excluding carboxylic acids is 2. The fourth-order valence-corrected chi connectivity index (χ4v) is 2.70. The number of ether oxygens (including phenoxy) is 2. The minimum absolute atomic E-state index is 0.0282. The summed E-state index contributed by atoms with van der Waals surface area (Å²) >= 11 is 6.03. The van der Waals surface area contributed by atoms with Crippen LogP contribution in [-0.2, 0) is 9.53 Å². The molecular weight excluding hydrogens is 332 g/mol. The van der Waals surface area contributed by atoms with Crippen molar-refractivity contribution in [2.45, 2.75) is 38.8 Å². The van der Waals surface area contributed by atoms with Crippen LogP contribution in [0.15, 0.2) is 24.3 Å². The van der Waals surface area contributed by atoms with Crippen LogP contribution in [0.4, 0.5) is 4.79 Å². The third-order valence-corrected chi connectivity index (χ3v) is 4.19. The molecule has 1 aromatic rings. The maximum absolute atomic E-state index is 12.3. The molecule has 0 spiro atoms. The monoisotopic (exact) mass is 354 g/mol. The van der Waals surface area contributed by atoms with Gasteiger partial charge in [0.15, 0.2) is 6.10 Å². The minimum Gasteiger partial charge on any atom is -0.479 e. The lowest BCUT2D eigenvalue weighted by Gasteiger charge is -2.32. The van der Waals surface area contributed by atoms with Crippen LogP contribution in [0.25, 0.3) is 0 Å². The molecule has 0 saturated carbocycles. The molecule has 2 amide bonds. The quantitative estimate of drug-likeness (QED) is 0.882. The summed E-state index contributed by atoms with van der Waals surface area (Å²) < 4.78 is 10.6. The largest absolute Gasteiger partial charge is 0.479 e. The van der Waals surface area contributed by atoms with Gasteiger partial charge in [0.05, 0.1) is 11.6 Å². The van der Waals surface area contributed by atoms with Crippen molar-refractivity contribution in [1.29, 1.82) is 0 Å². The van der Waals surface area contributed by atoms with E-state index in [2.05, 4.69) is 5.32 Å². The number of hydrogen-bond acceptors (Lipinski definition) is 4. The van der Waals surface area contributed by atoms with Gasteiger partial charge < -0.3 is 19.7 Å². The van der Waals surface area contributed by atoms with Gasteiger partial charge >= 0.3 is 6.09 Å². The average Bonchev–Trinajstić information content (AvgIpc) is 2.57. The number of carbonyl (C=O) groups is 2. The lowest BCUT2D eigenvalue weighted by atomic mass is 10.1. The maximum atomic E-state index is 12.3. The lowest BCUT2D eigenvalue weighted by Crippen LogP contribution is -2.49. The van der Waals surface area contributed by atoms with Crippen molar-refractivity contribution in [3.8, 4) is 5.75 Å². The Hall–Kier alpha value is -1.95. The highest BCUT2D eigenvalue weighted by Gasteiger charge is 2.26. The number of piperidine rings is 1. The first-order valence-corrected chi connectivity index (χ1v) is 8.52. The predicted octanol–water partition coefficient (Wildman–Crippen LogP) is 2.84. The van der Waals surface area contributed by atoms with Gasteiger partial charge in [-0.15, -0.1) is 0 Å². The molecule has 1 fully saturated rings. The second kappa shape index (κ2) is 8.78. The van der Waals surface area contributed by atoms with Gasteiger partial charge in [0.1, 0.15) is 5.75 Å². The smallest absolute Gasteiger partial charge is 0.409 e. The van der Waals surface area contributed by atoms with Crippen LogP contribution in [0.2, 0.25) is 5.02 Å².